The van der Waals surface area contributed by atoms with Crippen molar-refractivity contribution in [2.75, 3.05) is 33.4 Å². The number of ether oxygens (including phenoxy) is 2. The van der Waals surface area contributed by atoms with E-state index in [-0.39, 0.29) is 17.3 Å². The lowest BCUT2D eigenvalue weighted by Crippen LogP contribution is -2.62. The number of hydrogen-bond donors (Lipinski definition) is 2. The van der Waals surface area contributed by atoms with Gasteiger partial charge in [0, 0.05) is 25.8 Å². The maximum Gasteiger partial charge on any atom is 0.335 e. The molecular formula is C25H29FN2O5. The molecule has 33 heavy (non-hydrogen) atoms. The van der Waals surface area contributed by atoms with Crippen molar-refractivity contribution in [1.29, 1.82) is 0 Å². The largest absolute Gasteiger partial charge is 0.492 e. The fourth-order valence-corrected chi connectivity index (χ4v) is 4.44. The van der Waals surface area contributed by atoms with Crippen molar-refractivity contribution in [2.24, 2.45) is 0 Å². The van der Waals surface area contributed by atoms with Crippen molar-refractivity contribution in [3.05, 3.63) is 65.5 Å². The van der Waals surface area contributed by atoms with Crippen molar-refractivity contribution < 1.29 is 28.6 Å². The average molecular weight is 457 g/mol. The predicted octanol–water partition coefficient (Wildman–Crippen LogP) is 3.19. The molecule has 0 radical (unpaired) electrons. The van der Waals surface area contributed by atoms with Gasteiger partial charge < -0.3 is 19.9 Å². The van der Waals surface area contributed by atoms with Gasteiger partial charge in [0.15, 0.2) is 0 Å². The fourth-order valence-electron chi connectivity index (χ4n) is 4.44. The topological polar surface area (TPSA) is 88.1 Å². The van der Waals surface area contributed by atoms with Gasteiger partial charge >= 0.3 is 5.97 Å². The number of aromatic carboxylic acids is 1. The SMILES string of the molecule is CN(CCOc1cccc(F)c1)C1(C(=O)NC2(c3ccc(C(=O)O)cc3)CC2)CCOCC1. The van der Waals surface area contributed by atoms with E-state index in [1.54, 1.807) is 36.4 Å². The van der Waals surface area contributed by atoms with Gasteiger partial charge in [0.25, 0.3) is 0 Å². The molecule has 1 amide bonds. The van der Waals surface area contributed by atoms with Crippen LogP contribution in [0.3, 0.4) is 0 Å². The number of nitrogens with zero attached hydrogens (tertiary/aromatic N) is 1. The highest BCUT2D eigenvalue weighted by Crippen LogP contribution is 2.46. The second-order valence-electron chi connectivity index (χ2n) is 8.79. The first-order chi connectivity index (χ1) is 15.8. The number of likely N-dealkylation sites (N-methyl/N-ethyl adjacent to an activating group) is 1. The molecule has 2 aliphatic rings. The summed E-state index contributed by atoms with van der Waals surface area (Å²) >= 11 is 0. The van der Waals surface area contributed by atoms with E-state index in [0.717, 1.165) is 18.4 Å². The Bertz CT molecular complexity index is 1000. The Morgan fingerprint density at radius 1 is 1.12 bits per heavy atom. The monoisotopic (exact) mass is 456 g/mol. The number of hydrogen-bond acceptors (Lipinski definition) is 5. The third-order valence-corrected chi connectivity index (χ3v) is 6.75. The summed E-state index contributed by atoms with van der Waals surface area (Å²) in [5, 5.41) is 12.4. The molecule has 2 aromatic rings. The van der Waals surface area contributed by atoms with Crippen LogP contribution in [0, 0.1) is 5.82 Å². The number of rotatable bonds is 9. The molecule has 0 bridgehead atoms. The molecule has 8 heteroatoms. The van der Waals surface area contributed by atoms with Crippen LogP contribution in [0.2, 0.25) is 0 Å². The summed E-state index contributed by atoms with van der Waals surface area (Å²) < 4.78 is 24.6. The fraction of sp³-hybridized carbons (Fsp3) is 0.440. The van der Waals surface area contributed by atoms with Gasteiger partial charge in [-0.2, -0.15) is 0 Å². The minimum Gasteiger partial charge on any atom is -0.492 e. The number of carbonyl (C=O) groups excluding carboxylic acids is 1. The van der Waals surface area contributed by atoms with E-state index >= 15 is 0 Å². The molecule has 2 fully saturated rings. The van der Waals surface area contributed by atoms with Gasteiger partial charge in [-0.05, 0) is 62.6 Å². The van der Waals surface area contributed by atoms with Crippen LogP contribution in [-0.4, -0.2) is 60.8 Å². The van der Waals surface area contributed by atoms with E-state index in [1.165, 1.54) is 12.1 Å². The first-order valence-electron chi connectivity index (χ1n) is 11.2. The number of amides is 1. The van der Waals surface area contributed by atoms with Crippen LogP contribution in [-0.2, 0) is 15.1 Å². The molecular weight excluding hydrogens is 427 g/mol. The Balaban J connectivity index is 1.44. The molecule has 2 aromatic carbocycles. The number of halogens is 1. The summed E-state index contributed by atoms with van der Waals surface area (Å²) in [6.07, 6.45) is 2.74. The zero-order chi connectivity index (χ0) is 23.5. The highest BCUT2D eigenvalue weighted by atomic mass is 19.1. The van der Waals surface area contributed by atoms with Crippen molar-refractivity contribution in [1.82, 2.24) is 10.2 Å². The number of carboxylic acids is 1. The summed E-state index contributed by atoms with van der Waals surface area (Å²) in [7, 11) is 1.90. The second kappa shape index (κ2) is 9.49. The summed E-state index contributed by atoms with van der Waals surface area (Å²) in [6.45, 7) is 1.79. The molecule has 0 atom stereocenters. The van der Waals surface area contributed by atoms with Crippen LogP contribution >= 0.6 is 0 Å². The second-order valence-corrected chi connectivity index (χ2v) is 8.79. The normalized spacial score (nSPS) is 18.5. The lowest BCUT2D eigenvalue weighted by molar-refractivity contribution is -0.140. The summed E-state index contributed by atoms with van der Waals surface area (Å²) in [4.78, 5) is 26.8. The summed E-state index contributed by atoms with van der Waals surface area (Å²) in [5.41, 5.74) is -0.0571. The maximum atomic E-state index is 13.7. The van der Waals surface area contributed by atoms with E-state index in [2.05, 4.69) is 5.32 Å². The molecule has 4 rings (SSSR count). The van der Waals surface area contributed by atoms with Crippen molar-refractivity contribution >= 4 is 11.9 Å². The molecule has 0 aromatic heterocycles. The van der Waals surface area contributed by atoms with E-state index < -0.39 is 17.0 Å². The average Bonchev–Trinajstić information content (AvgIpc) is 3.60. The summed E-state index contributed by atoms with van der Waals surface area (Å²) in [6, 6.07) is 12.7. The van der Waals surface area contributed by atoms with Gasteiger partial charge in [-0.3, -0.25) is 9.69 Å². The highest BCUT2D eigenvalue weighted by Gasteiger charge is 2.51. The molecule has 1 aliphatic heterocycles. The Morgan fingerprint density at radius 3 is 2.42 bits per heavy atom. The molecule has 1 heterocycles. The molecule has 0 unspecified atom stereocenters. The summed E-state index contributed by atoms with van der Waals surface area (Å²) in [5.74, 6) is -0.930. The Morgan fingerprint density at radius 2 is 1.82 bits per heavy atom. The highest BCUT2D eigenvalue weighted by molar-refractivity contribution is 5.88. The third-order valence-electron chi connectivity index (χ3n) is 6.75. The van der Waals surface area contributed by atoms with E-state index in [4.69, 9.17) is 14.6 Å². The molecule has 176 valence electrons. The lowest BCUT2D eigenvalue weighted by Gasteiger charge is -2.43. The molecule has 0 spiro atoms. The molecule has 7 nitrogen and oxygen atoms in total. The van der Waals surface area contributed by atoms with Gasteiger partial charge in [0.05, 0.1) is 11.1 Å². The first kappa shape index (κ1) is 23.2. The first-order valence-corrected chi connectivity index (χ1v) is 11.2. The van der Waals surface area contributed by atoms with Crippen LogP contribution in [0.4, 0.5) is 4.39 Å². The quantitative estimate of drug-likeness (QED) is 0.603. The van der Waals surface area contributed by atoms with Crippen LogP contribution < -0.4 is 10.1 Å². The van der Waals surface area contributed by atoms with Gasteiger partial charge in [0.2, 0.25) is 5.91 Å². The van der Waals surface area contributed by atoms with E-state index in [1.807, 2.05) is 11.9 Å². The Kier molecular flexibility index (Phi) is 6.67. The van der Waals surface area contributed by atoms with Crippen LogP contribution in [0.25, 0.3) is 0 Å². The van der Waals surface area contributed by atoms with E-state index in [9.17, 15) is 14.0 Å². The molecule has 1 aliphatic carbocycles. The van der Waals surface area contributed by atoms with E-state index in [0.29, 0.717) is 45.0 Å². The smallest absolute Gasteiger partial charge is 0.335 e. The molecule has 2 N–H and O–H groups in total. The number of nitrogens with one attached hydrogen (secondary N) is 1. The zero-order valence-electron chi connectivity index (χ0n) is 18.7. The van der Waals surface area contributed by atoms with Crippen molar-refractivity contribution in [3.8, 4) is 5.75 Å². The zero-order valence-corrected chi connectivity index (χ0v) is 18.7. The van der Waals surface area contributed by atoms with Gasteiger partial charge in [0.1, 0.15) is 23.7 Å². The third kappa shape index (κ3) is 5.02. The van der Waals surface area contributed by atoms with Crippen LogP contribution in [0.5, 0.6) is 5.75 Å². The van der Waals surface area contributed by atoms with Crippen LogP contribution in [0.15, 0.2) is 48.5 Å². The maximum absolute atomic E-state index is 13.7. The van der Waals surface area contributed by atoms with Gasteiger partial charge in [-0.15, -0.1) is 0 Å². The van der Waals surface area contributed by atoms with Crippen LogP contribution in [0.1, 0.15) is 41.6 Å². The number of benzene rings is 2. The number of carboxylic acid groups (broad SMARTS) is 1. The lowest BCUT2D eigenvalue weighted by atomic mass is 9.86. The van der Waals surface area contributed by atoms with Crippen molar-refractivity contribution in [2.45, 2.75) is 36.8 Å². The van der Waals surface area contributed by atoms with Gasteiger partial charge in [-0.25, -0.2) is 9.18 Å². The minimum absolute atomic E-state index is 0.0566. The molecule has 1 saturated carbocycles. The minimum atomic E-state index is -0.973. The molecule has 1 saturated heterocycles. The Hall–Kier alpha value is -2.97. The number of carbonyl (C=O) groups is 2. The standard InChI is InChI=1S/C25H29FN2O5/c1-28(13-16-33-21-4-2-3-20(26)17-21)25(11-14-32-15-12-25)23(31)27-24(9-10-24)19-7-5-18(6-8-19)22(29)30/h2-8,17H,9-16H2,1H3,(H,27,31)(H,29,30). The van der Waals surface area contributed by atoms with Gasteiger partial charge in [-0.1, -0.05) is 18.2 Å². The predicted molar refractivity (Wildman–Crippen MR) is 120 cm³/mol. The Labute approximate surface area is 192 Å². The van der Waals surface area contributed by atoms with Crippen molar-refractivity contribution in [3.63, 3.8) is 0 Å².